The molecule has 162 valence electrons. The molecule has 1 nitrogen and oxygen atoms in total. The van der Waals surface area contributed by atoms with Crippen LogP contribution in [0.15, 0.2) is 114 Å². The van der Waals surface area contributed by atoms with E-state index in [2.05, 4.69) is 91.0 Å². The highest BCUT2D eigenvalue weighted by Gasteiger charge is 2.25. The normalized spacial score (nSPS) is 18.7. The third kappa shape index (κ3) is 3.78. The zero-order valence-corrected chi connectivity index (χ0v) is 18.9. The molecule has 1 heterocycles. The number of ether oxygens (including phenoxy) is 1. The molecule has 0 saturated carbocycles. The Hall–Kier alpha value is -3.58. The Labute approximate surface area is 196 Å². The van der Waals surface area contributed by atoms with Crippen LogP contribution in [0.3, 0.4) is 0 Å². The fraction of sp³-hybridized carbons (Fsp3) is 0.188. The summed E-state index contributed by atoms with van der Waals surface area (Å²) < 4.78 is 6.17. The van der Waals surface area contributed by atoms with Gasteiger partial charge in [-0.2, -0.15) is 0 Å². The highest BCUT2D eigenvalue weighted by molar-refractivity contribution is 5.83. The molecule has 0 unspecified atom stereocenters. The molecule has 6 rings (SSSR count). The molecule has 0 N–H and O–H groups in total. The molecule has 0 atom stereocenters. The molecule has 0 saturated heterocycles. The minimum absolute atomic E-state index is 1.07. The van der Waals surface area contributed by atoms with E-state index in [1.807, 2.05) is 6.26 Å². The van der Waals surface area contributed by atoms with Gasteiger partial charge in [0, 0.05) is 5.57 Å². The molecule has 3 aliphatic rings. The first kappa shape index (κ1) is 20.1. The zero-order valence-electron chi connectivity index (χ0n) is 18.9. The van der Waals surface area contributed by atoms with Crippen LogP contribution in [0.1, 0.15) is 48.8 Å². The Morgan fingerprint density at radius 3 is 2.18 bits per heavy atom. The van der Waals surface area contributed by atoms with E-state index in [0.29, 0.717) is 0 Å². The second-order valence-electron chi connectivity index (χ2n) is 9.11. The van der Waals surface area contributed by atoms with Crippen LogP contribution in [-0.4, -0.2) is 0 Å². The van der Waals surface area contributed by atoms with Crippen molar-refractivity contribution in [1.29, 1.82) is 0 Å². The van der Waals surface area contributed by atoms with Crippen LogP contribution in [0.2, 0.25) is 0 Å². The molecule has 1 aliphatic heterocycles. The largest absolute Gasteiger partial charge is 0.464 e. The van der Waals surface area contributed by atoms with Gasteiger partial charge in [-0.25, -0.2) is 0 Å². The van der Waals surface area contributed by atoms with Crippen molar-refractivity contribution in [1.82, 2.24) is 0 Å². The summed E-state index contributed by atoms with van der Waals surface area (Å²) in [4.78, 5) is 0. The quantitative estimate of drug-likeness (QED) is 0.406. The summed E-state index contributed by atoms with van der Waals surface area (Å²) >= 11 is 0. The van der Waals surface area contributed by atoms with E-state index < -0.39 is 0 Å². The van der Waals surface area contributed by atoms with E-state index in [-0.39, 0.29) is 0 Å². The summed E-state index contributed by atoms with van der Waals surface area (Å²) in [6, 6.07) is 28.3. The first-order chi connectivity index (χ1) is 16.4. The molecule has 0 spiro atoms. The summed E-state index contributed by atoms with van der Waals surface area (Å²) in [6.45, 7) is 0. The molecular formula is C32H28O. The van der Waals surface area contributed by atoms with Gasteiger partial charge in [0.05, 0.1) is 6.26 Å². The van der Waals surface area contributed by atoms with E-state index in [1.165, 1.54) is 63.0 Å². The Morgan fingerprint density at radius 1 is 0.636 bits per heavy atom. The predicted octanol–water partition coefficient (Wildman–Crippen LogP) is 8.51. The van der Waals surface area contributed by atoms with Crippen LogP contribution in [-0.2, 0) is 11.2 Å². The maximum atomic E-state index is 6.17. The highest BCUT2D eigenvalue weighted by Crippen LogP contribution is 2.42. The van der Waals surface area contributed by atoms with Gasteiger partial charge in [-0.05, 0) is 89.1 Å². The van der Waals surface area contributed by atoms with Gasteiger partial charge in [0.25, 0.3) is 0 Å². The van der Waals surface area contributed by atoms with Crippen LogP contribution < -0.4 is 0 Å². The van der Waals surface area contributed by atoms with Gasteiger partial charge in [-0.1, -0.05) is 84.9 Å². The van der Waals surface area contributed by atoms with E-state index in [4.69, 9.17) is 4.74 Å². The van der Waals surface area contributed by atoms with Gasteiger partial charge >= 0.3 is 0 Å². The van der Waals surface area contributed by atoms with Gasteiger partial charge in [0.2, 0.25) is 0 Å². The SMILES string of the molecule is C1=CC(c2ccccc2)=C2CCCC(C=C3CCCc4c3cccc4-c3ccccc3)=C2O1. The Kier molecular flexibility index (Phi) is 5.32. The van der Waals surface area contributed by atoms with Crippen LogP contribution in [0.5, 0.6) is 0 Å². The average Bonchev–Trinajstić information content (AvgIpc) is 2.89. The van der Waals surface area contributed by atoms with Crippen molar-refractivity contribution in [3.05, 3.63) is 131 Å². The minimum Gasteiger partial charge on any atom is -0.464 e. The third-order valence-corrected chi connectivity index (χ3v) is 7.10. The summed E-state index contributed by atoms with van der Waals surface area (Å²) in [6.07, 6.45) is 13.2. The number of hydrogen-bond donors (Lipinski definition) is 0. The predicted molar refractivity (Wildman–Crippen MR) is 137 cm³/mol. The van der Waals surface area contributed by atoms with Crippen molar-refractivity contribution in [3.8, 4) is 11.1 Å². The molecule has 2 aliphatic carbocycles. The summed E-state index contributed by atoms with van der Waals surface area (Å²) in [5, 5.41) is 0. The maximum Gasteiger partial charge on any atom is 0.133 e. The van der Waals surface area contributed by atoms with Crippen molar-refractivity contribution in [2.45, 2.75) is 38.5 Å². The van der Waals surface area contributed by atoms with Gasteiger partial charge in [-0.15, -0.1) is 0 Å². The first-order valence-corrected chi connectivity index (χ1v) is 12.1. The minimum atomic E-state index is 1.07. The Bertz CT molecular complexity index is 1300. The highest BCUT2D eigenvalue weighted by atomic mass is 16.5. The summed E-state index contributed by atoms with van der Waals surface area (Å²) in [7, 11) is 0. The van der Waals surface area contributed by atoms with Gasteiger partial charge < -0.3 is 4.74 Å². The van der Waals surface area contributed by atoms with E-state index in [9.17, 15) is 0 Å². The molecule has 0 fully saturated rings. The summed E-state index contributed by atoms with van der Waals surface area (Å²) in [5.41, 5.74) is 12.3. The molecule has 0 bridgehead atoms. The molecular weight excluding hydrogens is 400 g/mol. The lowest BCUT2D eigenvalue weighted by atomic mass is 9.80. The monoisotopic (exact) mass is 428 g/mol. The van der Waals surface area contributed by atoms with E-state index >= 15 is 0 Å². The number of allylic oxidation sites excluding steroid dienone is 6. The number of rotatable bonds is 3. The maximum absolute atomic E-state index is 6.17. The zero-order chi connectivity index (χ0) is 22.0. The standard InChI is InChI=1S/C32H28O/c1-3-10-23(11-4-1)27-16-9-17-28-25(14-7-18-30(27)28)22-26-15-8-19-31-29(20-21-33-32(26)31)24-12-5-2-6-13-24/h1-6,9-13,16-17,20-22H,7-8,14-15,18-19H2. The molecule has 0 amide bonds. The second kappa shape index (κ2) is 8.75. The second-order valence-corrected chi connectivity index (χ2v) is 9.11. The van der Waals surface area contributed by atoms with Gasteiger partial charge in [0.1, 0.15) is 5.76 Å². The van der Waals surface area contributed by atoms with E-state index in [1.54, 1.807) is 0 Å². The molecule has 33 heavy (non-hydrogen) atoms. The number of benzene rings is 3. The fourth-order valence-electron chi connectivity index (χ4n) is 5.57. The number of hydrogen-bond acceptors (Lipinski definition) is 1. The lowest BCUT2D eigenvalue weighted by Crippen LogP contribution is -2.10. The molecule has 1 heteroatoms. The van der Waals surface area contributed by atoms with Crippen molar-refractivity contribution in [3.63, 3.8) is 0 Å². The van der Waals surface area contributed by atoms with Crippen molar-refractivity contribution in [2.24, 2.45) is 0 Å². The smallest absolute Gasteiger partial charge is 0.133 e. The molecule has 0 radical (unpaired) electrons. The van der Waals surface area contributed by atoms with Gasteiger partial charge in [0.15, 0.2) is 0 Å². The van der Waals surface area contributed by atoms with Crippen molar-refractivity contribution < 1.29 is 4.74 Å². The lowest BCUT2D eigenvalue weighted by Gasteiger charge is -2.27. The topological polar surface area (TPSA) is 9.23 Å². The molecule has 0 aromatic heterocycles. The number of fused-ring (bicyclic) bond motifs is 2. The Morgan fingerprint density at radius 2 is 1.36 bits per heavy atom. The molecule has 3 aromatic carbocycles. The van der Waals surface area contributed by atoms with Crippen molar-refractivity contribution in [2.75, 3.05) is 0 Å². The van der Waals surface area contributed by atoms with Gasteiger partial charge in [-0.3, -0.25) is 0 Å². The van der Waals surface area contributed by atoms with Crippen LogP contribution in [0.4, 0.5) is 0 Å². The van der Waals surface area contributed by atoms with Crippen molar-refractivity contribution >= 4 is 11.1 Å². The Balaban J connectivity index is 1.45. The van der Waals surface area contributed by atoms with Crippen LogP contribution in [0.25, 0.3) is 22.3 Å². The van der Waals surface area contributed by atoms with E-state index in [0.717, 1.165) is 31.4 Å². The third-order valence-electron chi connectivity index (χ3n) is 7.10. The lowest BCUT2D eigenvalue weighted by molar-refractivity contribution is 0.342. The van der Waals surface area contributed by atoms with Crippen LogP contribution in [0, 0.1) is 0 Å². The van der Waals surface area contributed by atoms with Crippen LogP contribution >= 0.6 is 0 Å². The average molecular weight is 429 g/mol. The first-order valence-electron chi connectivity index (χ1n) is 12.1. The summed E-state index contributed by atoms with van der Waals surface area (Å²) in [5.74, 6) is 1.08. The molecule has 3 aromatic rings. The fourth-order valence-corrected chi connectivity index (χ4v) is 5.57.